The third-order valence-corrected chi connectivity index (χ3v) is 4.55. The first-order chi connectivity index (χ1) is 9.29. The van der Waals surface area contributed by atoms with Crippen LogP contribution in [0, 0.1) is 0 Å². The molecule has 3 nitrogen and oxygen atoms in total. The van der Waals surface area contributed by atoms with Gasteiger partial charge in [0.2, 0.25) is 0 Å². The fourth-order valence-corrected chi connectivity index (χ4v) is 3.51. The molecule has 1 saturated carbocycles. The Morgan fingerprint density at radius 1 is 1.26 bits per heavy atom. The van der Waals surface area contributed by atoms with Gasteiger partial charge in [0.25, 0.3) is 0 Å². The lowest BCUT2D eigenvalue weighted by Crippen LogP contribution is -2.11. The van der Waals surface area contributed by atoms with Crippen LogP contribution in [0.3, 0.4) is 0 Å². The minimum absolute atomic E-state index is 0.449. The lowest BCUT2D eigenvalue weighted by Gasteiger charge is -2.18. The predicted molar refractivity (Wildman–Crippen MR) is 81.5 cm³/mol. The lowest BCUT2D eigenvalue weighted by atomic mass is 10.1. The maximum atomic E-state index is 6.08. The fraction of sp³-hybridized carbons (Fsp3) is 0.571. The first-order valence-electron chi connectivity index (χ1n) is 6.88. The molecule has 5 heteroatoms. The van der Waals surface area contributed by atoms with Crippen molar-refractivity contribution in [3.63, 3.8) is 0 Å². The number of rotatable bonds is 2. The summed E-state index contributed by atoms with van der Waals surface area (Å²) in [6, 6.07) is 2.53. The number of fused-ring (bicyclic) bond motifs is 1. The summed E-state index contributed by atoms with van der Waals surface area (Å²) < 4.78 is 3.24. The third-order valence-electron chi connectivity index (χ3n) is 3.88. The molecule has 1 fully saturated rings. The molecule has 0 N–H and O–H groups in total. The molecular weight excluding hydrogens is 326 g/mol. The number of hydrogen-bond acceptors (Lipinski definition) is 2. The van der Waals surface area contributed by atoms with E-state index >= 15 is 0 Å². The first kappa shape index (κ1) is 13.4. The Bertz CT molecular complexity index is 573. The van der Waals surface area contributed by atoms with Crippen molar-refractivity contribution in [2.45, 2.75) is 50.4 Å². The van der Waals surface area contributed by atoms with E-state index in [2.05, 4.69) is 30.5 Å². The van der Waals surface area contributed by atoms with Crippen molar-refractivity contribution >= 4 is 38.7 Å². The van der Waals surface area contributed by atoms with Crippen molar-refractivity contribution in [2.24, 2.45) is 0 Å². The molecular formula is C14H17BrClN3. The monoisotopic (exact) mass is 341 g/mol. The Morgan fingerprint density at radius 2 is 2.00 bits per heavy atom. The molecule has 0 spiro atoms. The van der Waals surface area contributed by atoms with E-state index in [1.807, 2.05) is 12.3 Å². The van der Waals surface area contributed by atoms with E-state index in [1.54, 1.807) is 0 Å². The van der Waals surface area contributed by atoms with Gasteiger partial charge in [0.15, 0.2) is 5.65 Å². The second-order valence-electron chi connectivity index (χ2n) is 5.17. The Hall–Kier alpha value is -0.610. The van der Waals surface area contributed by atoms with Gasteiger partial charge in [0, 0.05) is 16.7 Å². The normalized spacial score (nSPS) is 17.8. The molecule has 102 valence electrons. The van der Waals surface area contributed by atoms with Crippen molar-refractivity contribution in [3.05, 3.63) is 22.6 Å². The molecule has 3 rings (SSSR count). The highest BCUT2D eigenvalue weighted by molar-refractivity contribution is 9.10. The van der Waals surface area contributed by atoms with Crippen LogP contribution in [0.15, 0.2) is 16.7 Å². The standard InChI is InChI=1S/C14H17BrClN3/c15-10-7-12-14(17-9-10)19(13(8-16)18-12)11-5-3-1-2-4-6-11/h7,9,11H,1-6,8H2. The van der Waals surface area contributed by atoms with Gasteiger partial charge in [-0.2, -0.15) is 0 Å². The van der Waals surface area contributed by atoms with E-state index in [-0.39, 0.29) is 0 Å². The molecule has 0 atom stereocenters. The topological polar surface area (TPSA) is 30.7 Å². The number of halogens is 2. The SMILES string of the molecule is ClCc1nc2cc(Br)cnc2n1C1CCCCCC1. The zero-order valence-electron chi connectivity index (χ0n) is 10.8. The fourth-order valence-electron chi connectivity index (χ4n) is 3.00. The molecule has 2 heterocycles. The molecule has 2 aromatic heterocycles. The molecule has 0 bridgehead atoms. The summed E-state index contributed by atoms with van der Waals surface area (Å²) in [5.74, 6) is 1.40. The predicted octanol–water partition coefficient (Wildman–Crippen LogP) is 4.83. The van der Waals surface area contributed by atoms with Crippen molar-refractivity contribution in [3.8, 4) is 0 Å². The Balaban J connectivity index is 2.09. The van der Waals surface area contributed by atoms with Crippen LogP contribution in [0.1, 0.15) is 50.4 Å². The minimum Gasteiger partial charge on any atom is -0.309 e. The summed E-state index contributed by atoms with van der Waals surface area (Å²) in [5.41, 5.74) is 1.92. The van der Waals surface area contributed by atoms with Crippen LogP contribution in [-0.2, 0) is 5.88 Å². The molecule has 2 aromatic rings. The molecule has 0 aliphatic heterocycles. The lowest BCUT2D eigenvalue weighted by molar-refractivity contribution is 0.442. The smallest absolute Gasteiger partial charge is 0.160 e. The zero-order valence-corrected chi connectivity index (χ0v) is 13.1. The highest BCUT2D eigenvalue weighted by atomic mass is 79.9. The van der Waals surface area contributed by atoms with Crippen LogP contribution in [0.4, 0.5) is 0 Å². The molecule has 0 saturated heterocycles. The van der Waals surface area contributed by atoms with Crippen LogP contribution >= 0.6 is 27.5 Å². The van der Waals surface area contributed by atoms with Gasteiger partial charge in [-0.1, -0.05) is 25.7 Å². The second kappa shape index (κ2) is 5.80. The number of hydrogen-bond donors (Lipinski definition) is 0. The quantitative estimate of drug-likeness (QED) is 0.578. The summed E-state index contributed by atoms with van der Waals surface area (Å²) in [5, 5.41) is 0. The van der Waals surface area contributed by atoms with E-state index in [0.717, 1.165) is 21.5 Å². The highest BCUT2D eigenvalue weighted by Gasteiger charge is 2.21. The van der Waals surface area contributed by atoms with Crippen molar-refractivity contribution in [1.82, 2.24) is 14.5 Å². The van der Waals surface area contributed by atoms with Crippen LogP contribution in [0.5, 0.6) is 0 Å². The van der Waals surface area contributed by atoms with Crippen LogP contribution < -0.4 is 0 Å². The Kier molecular flexibility index (Phi) is 4.08. The molecule has 19 heavy (non-hydrogen) atoms. The Labute approximate surface area is 126 Å². The van der Waals surface area contributed by atoms with Gasteiger partial charge >= 0.3 is 0 Å². The van der Waals surface area contributed by atoms with Crippen molar-refractivity contribution in [1.29, 1.82) is 0 Å². The molecule has 0 amide bonds. The largest absolute Gasteiger partial charge is 0.309 e. The summed E-state index contributed by atoms with van der Waals surface area (Å²) in [7, 11) is 0. The van der Waals surface area contributed by atoms with Crippen molar-refractivity contribution < 1.29 is 0 Å². The Morgan fingerprint density at radius 3 is 2.68 bits per heavy atom. The summed E-state index contributed by atoms with van der Waals surface area (Å²) in [6.45, 7) is 0. The molecule has 0 aromatic carbocycles. The molecule has 1 aliphatic rings. The van der Waals surface area contributed by atoms with Crippen molar-refractivity contribution in [2.75, 3.05) is 0 Å². The molecule has 0 unspecified atom stereocenters. The summed E-state index contributed by atoms with van der Waals surface area (Å²) in [4.78, 5) is 9.19. The number of imidazole rings is 1. The van der Waals surface area contributed by atoms with E-state index in [0.29, 0.717) is 11.9 Å². The number of nitrogens with zero attached hydrogens (tertiary/aromatic N) is 3. The first-order valence-corrected chi connectivity index (χ1v) is 8.20. The van der Waals surface area contributed by atoms with E-state index in [9.17, 15) is 0 Å². The van der Waals surface area contributed by atoms with Crippen LogP contribution in [0.25, 0.3) is 11.2 Å². The maximum absolute atomic E-state index is 6.08. The van der Waals surface area contributed by atoms with E-state index < -0.39 is 0 Å². The van der Waals surface area contributed by atoms with Gasteiger partial charge in [-0.3, -0.25) is 0 Å². The van der Waals surface area contributed by atoms with E-state index in [1.165, 1.54) is 38.5 Å². The average Bonchev–Trinajstić information content (AvgIpc) is 2.60. The highest BCUT2D eigenvalue weighted by Crippen LogP contribution is 2.32. The van der Waals surface area contributed by atoms with Crippen LogP contribution in [0.2, 0.25) is 0 Å². The van der Waals surface area contributed by atoms with Gasteiger partial charge < -0.3 is 4.57 Å². The average molecular weight is 343 g/mol. The summed E-state index contributed by atoms with van der Waals surface area (Å²) >= 11 is 9.53. The van der Waals surface area contributed by atoms with Gasteiger partial charge in [0.05, 0.1) is 5.88 Å². The summed E-state index contributed by atoms with van der Waals surface area (Å²) in [6.07, 6.45) is 9.55. The second-order valence-corrected chi connectivity index (χ2v) is 6.36. The minimum atomic E-state index is 0.449. The third kappa shape index (κ3) is 2.65. The van der Waals surface area contributed by atoms with Gasteiger partial charge in [-0.25, -0.2) is 9.97 Å². The number of aromatic nitrogens is 3. The number of alkyl halides is 1. The zero-order chi connectivity index (χ0) is 13.2. The van der Waals surface area contributed by atoms with Gasteiger partial charge in [0.1, 0.15) is 11.3 Å². The van der Waals surface area contributed by atoms with Gasteiger partial charge in [-0.05, 0) is 34.8 Å². The maximum Gasteiger partial charge on any atom is 0.160 e. The number of pyridine rings is 1. The van der Waals surface area contributed by atoms with E-state index in [4.69, 9.17) is 11.6 Å². The molecule has 0 radical (unpaired) electrons. The van der Waals surface area contributed by atoms with Crippen LogP contribution in [-0.4, -0.2) is 14.5 Å². The molecule has 1 aliphatic carbocycles. The van der Waals surface area contributed by atoms with Gasteiger partial charge in [-0.15, -0.1) is 11.6 Å².